The zero-order valence-corrected chi connectivity index (χ0v) is 13.8. The number of alkyl halides is 3. The summed E-state index contributed by atoms with van der Waals surface area (Å²) in [5, 5.41) is 11.7. The molecule has 0 aromatic carbocycles. The Hall–Kier alpha value is -2.03. The van der Waals surface area contributed by atoms with Crippen LogP contribution in [0.25, 0.3) is 0 Å². The predicted octanol–water partition coefficient (Wildman–Crippen LogP) is 3.19. The van der Waals surface area contributed by atoms with E-state index in [1.165, 1.54) is 0 Å². The second-order valence-electron chi connectivity index (χ2n) is 5.82. The Morgan fingerprint density at radius 2 is 1.96 bits per heavy atom. The summed E-state index contributed by atoms with van der Waals surface area (Å²) in [5.74, 6) is -2.29. The van der Waals surface area contributed by atoms with Crippen LogP contribution in [0.1, 0.15) is 42.5 Å². The number of carboxylic acid groups (broad SMARTS) is 1. The molecule has 0 atom stereocenters. The standard InChI is InChI=1S/C15H16ClF3N2O4/c16-10-6-9(7-20-12(10)25-8-15(17,18)19)11(22)21-14(13(23)24)4-2-1-3-5-14/h6-7H,1-5,8H2,(H,21,22)(H,23,24). The smallest absolute Gasteiger partial charge is 0.422 e. The number of hydrogen-bond donors (Lipinski definition) is 2. The molecule has 1 aliphatic rings. The topological polar surface area (TPSA) is 88.5 Å². The number of halogens is 4. The molecule has 1 fully saturated rings. The van der Waals surface area contributed by atoms with Crippen LogP contribution < -0.4 is 10.1 Å². The van der Waals surface area contributed by atoms with Gasteiger partial charge in [0.05, 0.1) is 5.56 Å². The van der Waals surface area contributed by atoms with Crippen molar-refractivity contribution in [3.05, 3.63) is 22.8 Å². The average Bonchev–Trinajstić information content (AvgIpc) is 2.53. The number of aromatic nitrogens is 1. The van der Waals surface area contributed by atoms with E-state index in [9.17, 15) is 27.9 Å². The van der Waals surface area contributed by atoms with Crippen molar-refractivity contribution in [3.8, 4) is 5.88 Å². The third-order valence-corrected chi connectivity index (χ3v) is 4.18. The number of rotatable bonds is 5. The van der Waals surface area contributed by atoms with Gasteiger partial charge in [0.25, 0.3) is 5.91 Å². The van der Waals surface area contributed by atoms with Crippen LogP contribution >= 0.6 is 11.6 Å². The van der Waals surface area contributed by atoms with Crippen LogP contribution in [0.5, 0.6) is 5.88 Å². The second kappa shape index (κ2) is 7.47. The summed E-state index contributed by atoms with van der Waals surface area (Å²) in [7, 11) is 0. The molecular formula is C15H16ClF3N2O4. The van der Waals surface area contributed by atoms with E-state index in [2.05, 4.69) is 15.0 Å². The van der Waals surface area contributed by atoms with Crippen molar-refractivity contribution in [1.82, 2.24) is 10.3 Å². The normalized spacial score (nSPS) is 17.0. The van der Waals surface area contributed by atoms with Gasteiger partial charge in [-0.15, -0.1) is 0 Å². The number of carbonyl (C=O) groups excluding carboxylic acids is 1. The fraction of sp³-hybridized carbons (Fsp3) is 0.533. The number of carboxylic acids is 1. The van der Waals surface area contributed by atoms with Gasteiger partial charge in [-0.05, 0) is 18.9 Å². The van der Waals surface area contributed by atoms with Crippen LogP contribution in [-0.2, 0) is 4.79 Å². The van der Waals surface area contributed by atoms with Gasteiger partial charge in [-0.2, -0.15) is 13.2 Å². The number of carbonyl (C=O) groups is 2. The summed E-state index contributed by atoms with van der Waals surface area (Å²) in [6.45, 7) is -1.56. The third kappa shape index (κ3) is 4.97. The van der Waals surface area contributed by atoms with Crippen molar-refractivity contribution >= 4 is 23.5 Å². The van der Waals surface area contributed by atoms with Crippen molar-refractivity contribution in [2.75, 3.05) is 6.61 Å². The van der Waals surface area contributed by atoms with Gasteiger partial charge >= 0.3 is 12.1 Å². The molecule has 10 heteroatoms. The number of nitrogens with one attached hydrogen (secondary N) is 1. The van der Waals surface area contributed by atoms with Gasteiger partial charge in [0.2, 0.25) is 5.88 Å². The first-order chi connectivity index (χ1) is 11.6. The van der Waals surface area contributed by atoms with E-state index in [1.54, 1.807) is 0 Å². The van der Waals surface area contributed by atoms with E-state index < -0.39 is 36.1 Å². The van der Waals surface area contributed by atoms with E-state index in [0.29, 0.717) is 25.7 Å². The molecule has 1 amide bonds. The predicted molar refractivity (Wildman–Crippen MR) is 81.7 cm³/mol. The molecule has 6 nitrogen and oxygen atoms in total. The van der Waals surface area contributed by atoms with E-state index in [0.717, 1.165) is 18.7 Å². The number of nitrogens with zero attached hydrogens (tertiary/aromatic N) is 1. The number of aliphatic carboxylic acids is 1. The molecule has 2 rings (SSSR count). The molecule has 0 saturated heterocycles. The van der Waals surface area contributed by atoms with Crippen molar-refractivity contribution in [2.24, 2.45) is 0 Å². The largest absolute Gasteiger partial charge is 0.480 e. The lowest BCUT2D eigenvalue weighted by molar-refractivity contribution is -0.154. The van der Waals surface area contributed by atoms with Gasteiger partial charge in [0.1, 0.15) is 10.6 Å². The Labute approximate surface area is 146 Å². The molecule has 0 spiro atoms. The van der Waals surface area contributed by atoms with Gasteiger partial charge in [-0.25, -0.2) is 9.78 Å². The lowest BCUT2D eigenvalue weighted by Crippen LogP contribution is -2.55. The molecule has 1 heterocycles. The van der Waals surface area contributed by atoms with Crippen LogP contribution in [0, 0.1) is 0 Å². The highest BCUT2D eigenvalue weighted by Crippen LogP contribution is 2.30. The molecule has 25 heavy (non-hydrogen) atoms. The Morgan fingerprint density at radius 1 is 1.32 bits per heavy atom. The van der Waals surface area contributed by atoms with Gasteiger partial charge < -0.3 is 15.2 Å². The van der Waals surface area contributed by atoms with Crippen molar-refractivity contribution in [3.63, 3.8) is 0 Å². The fourth-order valence-electron chi connectivity index (χ4n) is 2.64. The molecule has 1 aromatic heterocycles. The third-order valence-electron chi connectivity index (χ3n) is 3.91. The first-order valence-electron chi connectivity index (χ1n) is 7.54. The van der Waals surface area contributed by atoms with E-state index in [4.69, 9.17) is 11.6 Å². The van der Waals surface area contributed by atoms with Gasteiger partial charge in [-0.1, -0.05) is 30.9 Å². The summed E-state index contributed by atoms with van der Waals surface area (Å²) >= 11 is 5.79. The first-order valence-corrected chi connectivity index (χ1v) is 7.92. The number of amides is 1. The van der Waals surface area contributed by atoms with Crippen LogP contribution in [0.4, 0.5) is 13.2 Å². The molecule has 1 aromatic rings. The summed E-state index contributed by atoms with van der Waals surface area (Å²) in [4.78, 5) is 27.5. The highest BCUT2D eigenvalue weighted by molar-refractivity contribution is 6.32. The average molecular weight is 381 g/mol. The number of hydrogen-bond acceptors (Lipinski definition) is 4. The lowest BCUT2D eigenvalue weighted by atomic mass is 9.81. The number of pyridine rings is 1. The van der Waals surface area contributed by atoms with E-state index in [-0.39, 0.29) is 10.6 Å². The molecule has 2 N–H and O–H groups in total. The highest BCUT2D eigenvalue weighted by Gasteiger charge is 2.41. The zero-order chi connectivity index (χ0) is 18.7. The van der Waals surface area contributed by atoms with Crippen molar-refractivity contribution in [2.45, 2.75) is 43.8 Å². The molecule has 1 saturated carbocycles. The molecule has 0 bridgehead atoms. The Bertz CT molecular complexity index is 661. The Kier molecular flexibility index (Phi) is 5.76. The fourth-order valence-corrected chi connectivity index (χ4v) is 2.86. The minimum absolute atomic E-state index is 0.0597. The van der Waals surface area contributed by atoms with Crippen LogP contribution in [0.3, 0.4) is 0 Å². The summed E-state index contributed by atoms with van der Waals surface area (Å²) in [6.07, 6.45) is -0.694. The highest BCUT2D eigenvalue weighted by atomic mass is 35.5. The van der Waals surface area contributed by atoms with E-state index >= 15 is 0 Å². The lowest BCUT2D eigenvalue weighted by Gasteiger charge is -2.33. The maximum Gasteiger partial charge on any atom is 0.422 e. The second-order valence-corrected chi connectivity index (χ2v) is 6.22. The maximum absolute atomic E-state index is 12.3. The summed E-state index contributed by atoms with van der Waals surface area (Å²) < 4.78 is 40.9. The van der Waals surface area contributed by atoms with Gasteiger partial charge in [-0.3, -0.25) is 4.79 Å². The summed E-state index contributed by atoms with van der Waals surface area (Å²) in [5.41, 5.74) is -1.41. The SMILES string of the molecule is O=C(NC1(C(=O)O)CCCCC1)c1cnc(OCC(F)(F)F)c(Cl)c1. The minimum Gasteiger partial charge on any atom is -0.480 e. The van der Waals surface area contributed by atoms with E-state index in [1.807, 2.05) is 0 Å². The monoisotopic (exact) mass is 380 g/mol. The molecule has 1 aliphatic carbocycles. The quantitative estimate of drug-likeness (QED) is 0.819. The molecular weight excluding hydrogens is 365 g/mol. The zero-order valence-electron chi connectivity index (χ0n) is 13.0. The Balaban J connectivity index is 2.11. The molecule has 0 aliphatic heterocycles. The van der Waals surface area contributed by atoms with Crippen LogP contribution in [0.2, 0.25) is 5.02 Å². The molecule has 0 radical (unpaired) electrons. The molecule has 0 unspecified atom stereocenters. The van der Waals surface area contributed by atoms with Gasteiger partial charge in [0.15, 0.2) is 6.61 Å². The molecule has 138 valence electrons. The minimum atomic E-state index is -4.55. The maximum atomic E-state index is 12.3. The number of ether oxygens (including phenoxy) is 1. The Morgan fingerprint density at radius 3 is 2.48 bits per heavy atom. The van der Waals surface area contributed by atoms with Crippen molar-refractivity contribution < 1.29 is 32.6 Å². The first kappa shape index (κ1) is 19.3. The van der Waals surface area contributed by atoms with Crippen molar-refractivity contribution in [1.29, 1.82) is 0 Å². The van der Waals surface area contributed by atoms with Gasteiger partial charge in [0, 0.05) is 6.20 Å². The van der Waals surface area contributed by atoms with Crippen LogP contribution in [-0.4, -0.2) is 40.3 Å². The van der Waals surface area contributed by atoms with Crippen LogP contribution in [0.15, 0.2) is 12.3 Å². The summed E-state index contributed by atoms with van der Waals surface area (Å²) in [6, 6.07) is 1.09.